The van der Waals surface area contributed by atoms with Gasteiger partial charge in [0.15, 0.2) is 0 Å². The topological polar surface area (TPSA) is 119 Å². The minimum absolute atomic E-state index is 0.0261. The van der Waals surface area contributed by atoms with Gasteiger partial charge in [-0.2, -0.15) is 0 Å². The standard InChI is InChI=1S/C22H20N6O3S/c1-16-7-12-20(32(30,31)24-14-17-5-3-2-4-6-17)13-21(16)22(29)25-18-8-10-19(11-9-18)28-15-23-26-27-28/h2-13,15,24H,14H2,1H3,(H,25,29). The Hall–Kier alpha value is -3.89. The average molecular weight is 449 g/mol. The molecule has 32 heavy (non-hydrogen) atoms. The van der Waals surface area contributed by atoms with Crippen LogP contribution in [0.4, 0.5) is 5.69 Å². The fourth-order valence-corrected chi connectivity index (χ4v) is 4.09. The van der Waals surface area contributed by atoms with Gasteiger partial charge in [0.1, 0.15) is 6.33 Å². The van der Waals surface area contributed by atoms with Crippen LogP contribution < -0.4 is 10.0 Å². The summed E-state index contributed by atoms with van der Waals surface area (Å²) in [4.78, 5) is 12.9. The highest BCUT2D eigenvalue weighted by Gasteiger charge is 2.18. The van der Waals surface area contributed by atoms with Gasteiger partial charge in [-0.3, -0.25) is 4.79 Å². The molecule has 0 aliphatic rings. The van der Waals surface area contributed by atoms with Crippen LogP contribution in [0.5, 0.6) is 0 Å². The molecule has 9 nitrogen and oxygen atoms in total. The molecule has 10 heteroatoms. The van der Waals surface area contributed by atoms with Crippen molar-refractivity contribution in [1.29, 1.82) is 0 Å². The number of aromatic nitrogens is 4. The van der Waals surface area contributed by atoms with Crippen molar-refractivity contribution < 1.29 is 13.2 Å². The zero-order valence-corrected chi connectivity index (χ0v) is 18.0. The van der Waals surface area contributed by atoms with E-state index in [0.29, 0.717) is 11.3 Å². The Balaban J connectivity index is 1.49. The SMILES string of the molecule is Cc1ccc(S(=O)(=O)NCc2ccccc2)cc1C(=O)Nc1ccc(-n2cnnn2)cc1. The van der Waals surface area contributed by atoms with Gasteiger partial charge in [0.05, 0.1) is 10.6 Å². The second-order valence-electron chi connectivity index (χ2n) is 7.04. The summed E-state index contributed by atoms with van der Waals surface area (Å²) < 4.78 is 29.5. The number of benzene rings is 3. The molecule has 0 fully saturated rings. The summed E-state index contributed by atoms with van der Waals surface area (Å²) in [5.41, 5.74) is 3.07. The minimum atomic E-state index is -3.79. The molecule has 3 aromatic carbocycles. The monoisotopic (exact) mass is 448 g/mol. The third kappa shape index (κ3) is 4.88. The predicted octanol–water partition coefficient (Wildman–Crippen LogP) is 2.70. The third-order valence-electron chi connectivity index (χ3n) is 4.81. The van der Waals surface area contributed by atoms with Gasteiger partial charge in [-0.15, -0.1) is 5.10 Å². The molecule has 0 aliphatic heterocycles. The molecule has 0 saturated heterocycles. The van der Waals surface area contributed by atoms with Gasteiger partial charge >= 0.3 is 0 Å². The van der Waals surface area contributed by atoms with Crippen molar-refractivity contribution in [3.63, 3.8) is 0 Å². The highest BCUT2D eigenvalue weighted by molar-refractivity contribution is 7.89. The predicted molar refractivity (Wildman–Crippen MR) is 119 cm³/mol. The van der Waals surface area contributed by atoms with Crippen LogP contribution in [0.3, 0.4) is 0 Å². The van der Waals surface area contributed by atoms with Crippen LogP contribution in [0.25, 0.3) is 5.69 Å². The number of tetrazole rings is 1. The Kier molecular flexibility index (Phi) is 6.06. The number of carbonyl (C=O) groups excluding carboxylic acids is 1. The molecule has 0 bridgehead atoms. The maximum atomic E-state index is 12.8. The summed E-state index contributed by atoms with van der Waals surface area (Å²) in [5, 5.41) is 13.8. The van der Waals surface area contributed by atoms with Crippen LogP contribution in [-0.2, 0) is 16.6 Å². The molecule has 0 spiro atoms. The van der Waals surface area contributed by atoms with Crippen LogP contribution in [0, 0.1) is 6.92 Å². The lowest BCUT2D eigenvalue weighted by Gasteiger charge is -2.12. The Morgan fingerprint density at radius 2 is 1.75 bits per heavy atom. The molecule has 0 saturated carbocycles. The van der Waals surface area contributed by atoms with E-state index in [-0.39, 0.29) is 17.0 Å². The first-order valence-electron chi connectivity index (χ1n) is 9.71. The second-order valence-corrected chi connectivity index (χ2v) is 8.81. The molecule has 1 heterocycles. The van der Waals surface area contributed by atoms with E-state index in [2.05, 4.69) is 25.6 Å². The van der Waals surface area contributed by atoms with Crippen LogP contribution in [0.15, 0.2) is 84.0 Å². The van der Waals surface area contributed by atoms with Crippen molar-refractivity contribution in [3.8, 4) is 5.69 Å². The van der Waals surface area contributed by atoms with Gasteiger partial charge in [0.2, 0.25) is 10.0 Å². The molecule has 4 aromatic rings. The van der Waals surface area contributed by atoms with Crippen molar-refractivity contribution in [1.82, 2.24) is 24.9 Å². The van der Waals surface area contributed by atoms with Gasteiger partial charge in [-0.1, -0.05) is 36.4 Å². The number of hydrogen-bond donors (Lipinski definition) is 2. The van der Waals surface area contributed by atoms with Crippen molar-refractivity contribution in [2.24, 2.45) is 0 Å². The van der Waals surface area contributed by atoms with Crippen LogP contribution >= 0.6 is 0 Å². The van der Waals surface area contributed by atoms with Crippen LogP contribution in [0.1, 0.15) is 21.5 Å². The molecule has 0 radical (unpaired) electrons. The first-order valence-corrected chi connectivity index (χ1v) is 11.2. The average Bonchev–Trinajstić information content (AvgIpc) is 3.34. The molecule has 2 N–H and O–H groups in total. The number of nitrogens with one attached hydrogen (secondary N) is 2. The minimum Gasteiger partial charge on any atom is -0.322 e. The number of rotatable bonds is 7. The fraction of sp³-hybridized carbons (Fsp3) is 0.0909. The molecular weight excluding hydrogens is 428 g/mol. The van der Waals surface area contributed by atoms with Crippen molar-refractivity contribution >= 4 is 21.6 Å². The number of anilines is 1. The molecule has 0 unspecified atom stereocenters. The Labute approximate surface area is 185 Å². The quantitative estimate of drug-likeness (QED) is 0.449. The number of aryl methyl sites for hydroxylation is 1. The number of sulfonamides is 1. The van der Waals surface area contributed by atoms with E-state index >= 15 is 0 Å². The smallest absolute Gasteiger partial charge is 0.255 e. The first-order chi connectivity index (χ1) is 15.4. The van der Waals surface area contributed by atoms with Gasteiger partial charge in [0, 0.05) is 17.8 Å². The molecule has 1 amide bonds. The van der Waals surface area contributed by atoms with E-state index in [0.717, 1.165) is 11.3 Å². The molecule has 162 valence electrons. The van der Waals surface area contributed by atoms with Crippen LogP contribution in [0.2, 0.25) is 0 Å². The lowest BCUT2D eigenvalue weighted by Crippen LogP contribution is -2.24. The highest BCUT2D eigenvalue weighted by Crippen LogP contribution is 2.19. The number of hydrogen-bond acceptors (Lipinski definition) is 6. The van der Waals surface area contributed by atoms with Gasteiger partial charge in [0.25, 0.3) is 5.91 Å². The van der Waals surface area contributed by atoms with Crippen molar-refractivity contribution in [2.75, 3.05) is 5.32 Å². The van der Waals surface area contributed by atoms with E-state index < -0.39 is 15.9 Å². The number of carbonyl (C=O) groups is 1. The zero-order chi connectivity index (χ0) is 22.6. The highest BCUT2D eigenvalue weighted by atomic mass is 32.2. The van der Waals surface area contributed by atoms with Crippen molar-refractivity contribution in [3.05, 3.63) is 95.8 Å². The third-order valence-corrected chi connectivity index (χ3v) is 6.21. The van der Waals surface area contributed by atoms with Gasteiger partial charge in [-0.25, -0.2) is 17.8 Å². The van der Waals surface area contributed by atoms with Crippen molar-refractivity contribution in [2.45, 2.75) is 18.4 Å². The van der Waals surface area contributed by atoms with E-state index in [1.54, 1.807) is 37.3 Å². The van der Waals surface area contributed by atoms with Gasteiger partial charge < -0.3 is 5.32 Å². The first kappa shape index (κ1) is 21.3. The van der Waals surface area contributed by atoms with E-state index in [1.165, 1.54) is 23.1 Å². The van der Waals surface area contributed by atoms with E-state index in [4.69, 9.17) is 0 Å². The maximum absolute atomic E-state index is 12.8. The summed E-state index contributed by atoms with van der Waals surface area (Å²) >= 11 is 0. The molecule has 0 aliphatic carbocycles. The Bertz CT molecular complexity index is 1320. The Morgan fingerprint density at radius 3 is 2.44 bits per heavy atom. The lowest BCUT2D eigenvalue weighted by atomic mass is 10.1. The largest absolute Gasteiger partial charge is 0.322 e. The lowest BCUT2D eigenvalue weighted by molar-refractivity contribution is 0.102. The summed E-state index contributed by atoms with van der Waals surface area (Å²) in [5.74, 6) is -0.405. The molecule has 0 atom stereocenters. The summed E-state index contributed by atoms with van der Waals surface area (Å²) in [7, 11) is -3.79. The summed E-state index contributed by atoms with van der Waals surface area (Å²) in [6.07, 6.45) is 1.47. The molecule has 4 rings (SSSR count). The van der Waals surface area contributed by atoms with E-state index in [9.17, 15) is 13.2 Å². The molecule has 1 aromatic heterocycles. The zero-order valence-electron chi connectivity index (χ0n) is 17.1. The number of amides is 1. The fourth-order valence-electron chi connectivity index (χ4n) is 3.05. The van der Waals surface area contributed by atoms with Crippen LogP contribution in [-0.4, -0.2) is 34.5 Å². The normalized spacial score (nSPS) is 11.3. The van der Waals surface area contributed by atoms with Gasteiger partial charge in [-0.05, 0) is 64.9 Å². The van der Waals surface area contributed by atoms with E-state index in [1.807, 2.05) is 30.3 Å². The molecular formula is C22H20N6O3S. The summed E-state index contributed by atoms with van der Waals surface area (Å²) in [6.45, 7) is 1.91. The Morgan fingerprint density at radius 1 is 1.00 bits per heavy atom. The maximum Gasteiger partial charge on any atom is 0.255 e. The summed E-state index contributed by atoms with van der Waals surface area (Å²) in [6, 6.07) is 20.6. The number of nitrogens with zero attached hydrogens (tertiary/aromatic N) is 4. The second kappa shape index (κ2) is 9.08.